The number of halogens is 1. The molecular weight excluding hydrogens is 224 g/mol. The lowest BCUT2D eigenvalue weighted by atomic mass is 10.3. The smallest absolute Gasteiger partial charge is 0.123 e. The van der Waals surface area contributed by atoms with Gasteiger partial charge in [-0.05, 0) is 30.3 Å². The first-order valence-corrected chi connectivity index (χ1v) is 5.33. The standard InChI is InChI=1S/C12H9ClN2O/c13-9-3-4-11-12(6-9)15(8-14-11)7-10-2-1-5-16-10/h1-6,8H,7H2. The van der Waals surface area contributed by atoms with Gasteiger partial charge < -0.3 is 8.98 Å². The average Bonchev–Trinajstić information content (AvgIpc) is 2.90. The third-order valence-corrected chi connectivity index (χ3v) is 2.72. The van der Waals surface area contributed by atoms with E-state index in [9.17, 15) is 0 Å². The van der Waals surface area contributed by atoms with Crippen LogP contribution < -0.4 is 0 Å². The Morgan fingerprint density at radius 2 is 2.25 bits per heavy atom. The van der Waals surface area contributed by atoms with Gasteiger partial charge in [0, 0.05) is 5.02 Å². The monoisotopic (exact) mass is 232 g/mol. The van der Waals surface area contributed by atoms with E-state index in [0.717, 1.165) is 16.8 Å². The summed E-state index contributed by atoms with van der Waals surface area (Å²) in [6.45, 7) is 0.670. The second-order valence-electron chi connectivity index (χ2n) is 3.58. The van der Waals surface area contributed by atoms with Gasteiger partial charge in [0.15, 0.2) is 0 Å². The maximum atomic E-state index is 5.96. The van der Waals surface area contributed by atoms with Gasteiger partial charge in [0.25, 0.3) is 0 Å². The van der Waals surface area contributed by atoms with Crippen LogP contribution in [0.2, 0.25) is 5.02 Å². The van der Waals surface area contributed by atoms with Crippen molar-refractivity contribution in [1.82, 2.24) is 9.55 Å². The van der Waals surface area contributed by atoms with Crippen LogP contribution in [0.1, 0.15) is 5.76 Å². The van der Waals surface area contributed by atoms with Crippen LogP contribution in [0.25, 0.3) is 11.0 Å². The molecule has 2 heterocycles. The van der Waals surface area contributed by atoms with Gasteiger partial charge in [-0.15, -0.1) is 0 Å². The number of hydrogen-bond acceptors (Lipinski definition) is 2. The summed E-state index contributed by atoms with van der Waals surface area (Å²) >= 11 is 5.96. The maximum absolute atomic E-state index is 5.96. The molecule has 4 heteroatoms. The molecule has 0 bridgehead atoms. The number of aromatic nitrogens is 2. The molecule has 0 saturated carbocycles. The summed E-state index contributed by atoms with van der Waals surface area (Å²) in [4.78, 5) is 4.30. The number of imidazole rings is 1. The molecule has 0 aliphatic heterocycles. The molecule has 80 valence electrons. The fourth-order valence-corrected chi connectivity index (χ4v) is 1.89. The molecular formula is C12H9ClN2O. The van der Waals surface area contributed by atoms with E-state index in [-0.39, 0.29) is 0 Å². The molecule has 3 rings (SSSR count). The molecule has 3 nitrogen and oxygen atoms in total. The molecule has 16 heavy (non-hydrogen) atoms. The topological polar surface area (TPSA) is 31.0 Å². The Morgan fingerprint density at radius 1 is 1.31 bits per heavy atom. The molecule has 2 aromatic heterocycles. The summed E-state index contributed by atoms with van der Waals surface area (Å²) in [7, 11) is 0. The minimum Gasteiger partial charge on any atom is -0.467 e. The Labute approximate surface area is 97.3 Å². The zero-order chi connectivity index (χ0) is 11.0. The minimum absolute atomic E-state index is 0.670. The molecule has 3 aromatic rings. The molecule has 0 aliphatic rings. The maximum Gasteiger partial charge on any atom is 0.123 e. The van der Waals surface area contributed by atoms with Gasteiger partial charge in [-0.2, -0.15) is 0 Å². The van der Waals surface area contributed by atoms with Crippen molar-refractivity contribution in [2.24, 2.45) is 0 Å². The molecule has 0 fully saturated rings. The SMILES string of the molecule is Clc1ccc2ncn(Cc3ccco3)c2c1. The summed E-state index contributed by atoms with van der Waals surface area (Å²) in [6, 6.07) is 9.48. The van der Waals surface area contributed by atoms with Crippen molar-refractivity contribution in [2.75, 3.05) is 0 Å². The number of furan rings is 1. The van der Waals surface area contributed by atoms with Gasteiger partial charge in [0.2, 0.25) is 0 Å². The Morgan fingerprint density at radius 3 is 3.06 bits per heavy atom. The molecule has 0 amide bonds. The van der Waals surface area contributed by atoms with E-state index in [0.29, 0.717) is 11.6 Å². The summed E-state index contributed by atoms with van der Waals surface area (Å²) in [5.41, 5.74) is 1.96. The van der Waals surface area contributed by atoms with Gasteiger partial charge in [-0.3, -0.25) is 0 Å². The number of rotatable bonds is 2. The first-order valence-electron chi connectivity index (χ1n) is 4.96. The Kier molecular flexibility index (Phi) is 2.18. The van der Waals surface area contributed by atoms with E-state index in [2.05, 4.69) is 4.98 Å². The zero-order valence-electron chi connectivity index (χ0n) is 8.43. The Bertz CT molecular complexity index is 613. The van der Waals surface area contributed by atoms with Crippen molar-refractivity contribution in [3.8, 4) is 0 Å². The fraction of sp³-hybridized carbons (Fsp3) is 0.0833. The van der Waals surface area contributed by atoms with Crippen LogP contribution in [0.3, 0.4) is 0 Å². The Balaban J connectivity index is 2.07. The third kappa shape index (κ3) is 1.59. The van der Waals surface area contributed by atoms with Crippen LogP contribution in [0, 0.1) is 0 Å². The van der Waals surface area contributed by atoms with E-state index in [1.54, 1.807) is 12.6 Å². The molecule has 0 saturated heterocycles. The van der Waals surface area contributed by atoms with E-state index >= 15 is 0 Å². The number of nitrogens with zero attached hydrogens (tertiary/aromatic N) is 2. The van der Waals surface area contributed by atoms with Crippen molar-refractivity contribution >= 4 is 22.6 Å². The highest BCUT2D eigenvalue weighted by Gasteiger charge is 2.04. The second kappa shape index (κ2) is 3.68. The highest BCUT2D eigenvalue weighted by Crippen LogP contribution is 2.19. The lowest BCUT2D eigenvalue weighted by Crippen LogP contribution is -1.95. The summed E-state index contributed by atoms with van der Waals surface area (Å²) in [5, 5.41) is 0.716. The highest BCUT2D eigenvalue weighted by molar-refractivity contribution is 6.31. The minimum atomic E-state index is 0.670. The lowest BCUT2D eigenvalue weighted by molar-refractivity contribution is 0.496. The highest BCUT2D eigenvalue weighted by atomic mass is 35.5. The van der Waals surface area contributed by atoms with Crippen molar-refractivity contribution in [3.63, 3.8) is 0 Å². The van der Waals surface area contributed by atoms with Crippen molar-refractivity contribution in [2.45, 2.75) is 6.54 Å². The van der Waals surface area contributed by atoms with Gasteiger partial charge in [0.05, 0.1) is 30.2 Å². The van der Waals surface area contributed by atoms with Crippen LogP contribution in [-0.2, 0) is 6.54 Å². The van der Waals surface area contributed by atoms with Gasteiger partial charge in [-0.1, -0.05) is 11.6 Å². The molecule has 0 aliphatic carbocycles. The molecule has 0 N–H and O–H groups in total. The van der Waals surface area contributed by atoms with E-state index in [1.165, 1.54) is 0 Å². The molecule has 0 atom stereocenters. The third-order valence-electron chi connectivity index (χ3n) is 2.49. The molecule has 1 aromatic carbocycles. The largest absolute Gasteiger partial charge is 0.467 e. The summed E-state index contributed by atoms with van der Waals surface area (Å²) in [6.07, 6.45) is 3.46. The van der Waals surface area contributed by atoms with Crippen LogP contribution in [-0.4, -0.2) is 9.55 Å². The Hall–Kier alpha value is -1.74. The quantitative estimate of drug-likeness (QED) is 0.679. The zero-order valence-corrected chi connectivity index (χ0v) is 9.19. The van der Waals surface area contributed by atoms with E-state index < -0.39 is 0 Å². The number of hydrogen-bond donors (Lipinski definition) is 0. The van der Waals surface area contributed by atoms with Gasteiger partial charge >= 0.3 is 0 Å². The van der Waals surface area contributed by atoms with Crippen molar-refractivity contribution < 1.29 is 4.42 Å². The second-order valence-corrected chi connectivity index (χ2v) is 4.02. The first kappa shape index (κ1) is 9.48. The van der Waals surface area contributed by atoms with E-state index in [4.69, 9.17) is 16.0 Å². The van der Waals surface area contributed by atoms with Crippen LogP contribution in [0.15, 0.2) is 47.3 Å². The van der Waals surface area contributed by atoms with E-state index in [1.807, 2.05) is 34.9 Å². The number of benzene rings is 1. The summed E-state index contributed by atoms with van der Waals surface area (Å²) in [5.74, 6) is 0.902. The van der Waals surface area contributed by atoms with Gasteiger partial charge in [0.1, 0.15) is 5.76 Å². The van der Waals surface area contributed by atoms with Crippen molar-refractivity contribution in [3.05, 3.63) is 53.7 Å². The van der Waals surface area contributed by atoms with Gasteiger partial charge in [-0.25, -0.2) is 4.98 Å². The normalized spacial score (nSPS) is 11.1. The summed E-state index contributed by atoms with van der Waals surface area (Å²) < 4.78 is 7.32. The lowest BCUT2D eigenvalue weighted by Gasteiger charge is -2.01. The molecule has 0 spiro atoms. The predicted octanol–water partition coefficient (Wildman–Crippen LogP) is 3.33. The van der Waals surface area contributed by atoms with Crippen LogP contribution >= 0.6 is 11.6 Å². The van der Waals surface area contributed by atoms with Crippen LogP contribution in [0.5, 0.6) is 0 Å². The average molecular weight is 233 g/mol. The molecule has 0 unspecified atom stereocenters. The fourth-order valence-electron chi connectivity index (χ4n) is 1.73. The van der Waals surface area contributed by atoms with Crippen LogP contribution in [0.4, 0.5) is 0 Å². The predicted molar refractivity (Wildman–Crippen MR) is 62.6 cm³/mol. The molecule has 0 radical (unpaired) electrons. The first-order chi connectivity index (χ1) is 7.83. The van der Waals surface area contributed by atoms with Crippen molar-refractivity contribution in [1.29, 1.82) is 0 Å². The number of fused-ring (bicyclic) bond motifs is 1.